The Hall–Kier alpha value is -2.68. The minimum atomic E-state index is -0.244. The zero-order chi connectivity index (χ0) is 15.1. The number of rotatable bonds is 2. The number of allylic oxidation sites excluding steroid dienone is 3. The average molecular weight is 280 g/mol. The lowest BCUT2D eigenvalue weighted by atomic mass is 10.1. The van der Waals surface area contributed by atoms with Gasteiger partial charge in [0.15, 0.2) is 11.5 Å². The van der Waals surface area contributed by atoms with Crippen LogP contribution in [0.25, 0.3) is 10.8 Å². The van der Waals surface area contributed by atoms with E-state index < -0.39 is 0 Å². The maximum atomic E-state index is 10.9. The number of hydrogen-bond donors (Lipinski definition) is 0. The number of ether oxygens (including phenoxy) is 1. The van der Waals surface area contributed by atoms with Crippen molar-refractivity contribution in [2.24, 2.45) is 0 Å². The number of ketones is 2. The van der Waals surface area contributed by atoms with Crippen LogP contribution in [0.4, 0.5) is 0 Å². The van der Waals surface area contributed by atoms with Crippen LogP contribution in [-0.2, 0) is 14.3 Å². The Balaban J connectivity index is 0.000000154. The van der Waals surface area contributed by atoms with E-state index >= 15 is 0 Å². The molecule has 3 heteroatoms. The molecule has 0 heterocycles. The summed E-state index contributed by atoms with van der Waals surface area (Å²) in [7, 11) is 0. The van der Waals surface area contributed by atoms with Gasteiger partial charge in [-0.2, -0.15) is 0 Å². The normalized spacial score (nSPS) is 13.5. The third-order valence-corrected chi connectivity index (χ3v) is 2.87. The highest BCUT2D eigenvalue weighted by Gasteiger charge is 2.13. The molecule has 0 unspecified atom stereocenters. The van der Waals surface area contributed by atoms with Gasteiger partial charge in [-0.3, -0.25) is 9.59 Å². The van der Waals surface area contributed by atoms with Gasteiger partial charge in [-0.15, -0.1) is 0 Å². The fraction of sp³-hybridized carbons (Fsp3) is 0.111. The van der Waals surface area contributed by atoms with Gasteiger partial charge in [0.2, 0.25) is 5.78 Å². The van der Waals surface area contributed by atoms with Crippen molar-refractivity contribution >= 4 is 22.3 Å². The van der Waals surface area contributed by atoms with E-state index in [0.29, 0.717) is 6.61 Å². The van der Waals surface area contributed by atoms with Gasteiger partial charge in [-0.25, -0.2) is 0 Å². The summed E-state index contributed by atoms with van der Waals surface area (Å²) in [5, 5.41) is 2.62. The molecule has 0 aromatic heterocycles. The first-order valence-corrected chi connectivity index (χ1v) is 6.75. The van der Waals surface area contributed by atoms with Crippen LogP contribution in [0.3, 0.4) is 0 Å². The highest BCUT2D eigenvalue weighted by atomic mass is 16.5. The van der Waals surface area contributed by atoms with Crippen LogP contribution in [0.5, 0.6) is 0 Å². The first-order valence-electron chi connectivity index (χ1n) is 6.75. The summed E-state index contributed by atoms with van der Waals surface area (Å²) in [5.74, 6) is -0.306. The molecule has 3 rings (SSSR count). The fourth-order valence-corrected chi connectivity index (χ4v) is 1.89. The van der Waals surface area contributed by atoms with Crippen molar-refractivity contribution in [1.29, 1.82) is 0 Å². The second-order valence-corrected chi connectivity index (χ2v) is 4.39. The van der Waals surface area contributed by atoms with Gasteiger partial charge in [0.25, 0.3) is 0 Å². The molecule has 1 aliphatic rings. The van der Waals surface area contributed by atoms with Crippen molar-refractivity contribution in [1.82, 2.24) is 0 Å². The average Bonchev–Trinajstić information content (AvgIpc) is 2.52. The molecule has 106 valence electrons. The van der Waals surface area contributed by atoms with Crippen LogP contribution in [0.2, 0.25) is 0 Å². The third kappa shape index (κ3) is 4.14. The molecule has 0 radical (unpaired) electrons. The minimum Gasteiger partial charge on any atom is -0.490 e. The smallest absolute Gasteiger partial charge is 0.220 e. The van der Waals surface area contributed by atoms with Crippen LogP contribution in [0.15, 0.2) is 72.5 Å². The summed E-state index contributed by atoms with van der Waals surface area (Å²) >= 11 is 0. The molecular formula is C18H16O3. The van der Waals surface area contributed by atoms with E-state index in [1.807, 2.05) is 0 Å². The molecule has 2 aromatic carbocycles. The number of hydrogen-bond acceptors (Lipinski definition) is 3. The van der Waals surface area contributed by atoms with Gasteiger partial charge in [0.05, 0.1) is 6.61 Å². The van der Waals surface area contributed by atoms with Crippen molar-refractivity contribution < 1.29 is 14.3 Å². The van der Waals surface area contributed by atoms with Crippen molar-refractivity contribution in [3.8, 4) is 0 Å². The highest BCUT2D eigenvalue weighted by Crippen LogP contribution is 2.11. The van der Waals surface area contributed by atoms with Crippen molar-refractivity contribution in [3.63, 3.8) is 0 Å². The topological polar surface area (TPSA) is 43.4 Å². The first-order chi connectivity index (χ1) is 10.2. The third-order valence-electron chi connectivity index (χ3n) is 2.87. The van der Waals surface area contributed by atoms with E-state index in [1.54, 1.807) is 6.92 Å². The quantitative estimate of drug-likeness (QED) is 0.791. The number of fused-ring (bicyclic) bond motifs is 1. The monoisotopic (exact) mass is 280 g/mol. The van der Waals surface area contributed by atoms with Gasteiger partial charge in [0.1, 0.15) is 0 Å². The molecule has 0 bridgehead atoms. The van der Waals surface area contributed by atoms with Crippen molar-refractivity contribution in [3.05, 3.63) is 72.5 Å². The lowest BCUT2D eigenvalue weighted by Crippen LogP contribution is -2.10. The van der Waals surface area contributed by atoms with E-state index in [1.165, 1.54) is 29.0 Å². The van der Waals surface area contributed by atoms with E-state index in [9.17, 15) is 9.59 Å². The molecule has 0 saturated heterocycles. The van der Waals surface area contributed by atoms with E-state index in [-0.39, 0.29) is 17.3 Å². The molecule has 0 atom stereocenters. The minimum absolute atomic E-state index is 0.139. The van der Waals surface area contributed by atoms with Gasteiger partial charge >= 0.3 is 0 Å². The molecular weight excluding hydrogens is 264 g/mol. The highest BCUT2D eigenvalue weighted by molar-refractivity contribution is 6.16. The molecule has 0 spiro atoms. The van der Waals surface area contributed by atoms with Gasteiger partial charge in [-0.05, 0) is 29.8 Å². The summed E-state index contributed by atoms with van der Waals surface area (Å²) in [5.41, 5.74) is 0. The van der Waals surface area contributed by atoms with Gasteiger partial charge in [0, 0.05) is 6.08 Å². The molecule has 0 aliphatic heterocycles. The molecule has 21 heavy (non-hydrogen) atoms. The Bertz CT molecular complexity index is 646. The molecule has 0 N–H and O–H groups in total. The summed E-state index contributed by atoms with van der Waals surface area (Å²) in [6, 6.07) is 16.7. The van der Waals surface area contributed by atoms with Crippen LogP contribution in [0.1, 0.15) is 6.92 Å². The van der Waals surface area contributed by atoms with Crippen LogP contribution in [0, 0.1) is 0 Å². The zero-order valence-corrected chi connectivity index (χ0v) is 11.8. The molecule has 3 nitrogen and oxygen atoms in total. The number of carbonyl (C=O) groups excluding carboxylic acids is 2. The SMILES string of the molecule is CCOC1=CC(=O)C=CC1=O.c1ccc2ccccc2c1. The molecule has 2 aromatic rings. The van der Waals surface area contributed by atoms with E-state index in [2.05, 4.69) is 48.5 Å². The van der Waals surface area contributed by atoms with E-state index in [0.717, 1.165) is 0 Å². The molecule has 0 saturated carbocycles. The second-order valence-electron chi connectivity index (χ2n) is 4.39. The standard InChI is InChI=1S/C10H8.C8H8O3/c1-2-6-10-8-4-3-7-9(10)5-1;1-2-11-8-5-6(9)3-4-7(8)10/h1-8H;3-5H,2H2,1H3. The second kappa shape index (κ2) is 7.20. The Morgan fingerprint density at radius 2 is 1.38 bits per heavy atom. The maximum Gasteiger partial charge on any atom is 0.220 e. The van der Waals surface area contributed by atoms with Crippen LogP contribution >= 0.6 is 0 Å². The van der Waals surface area contributed by atoms with Gasteiger partial charge < -0.3 is 4.74 Å². The zero-order valence-electron chi connectivity index (χ0n) is 11.8. The van der Waals surface area contributed by atoms with Crippen molar-refractivity contribution in [2.75, 3.05) is 6.61 Å². The first kappa shape index (κ1) is 14.7. The molecule has 0 amide bonds. The fourth-order valence-electron chi connectivity index (χ4n) is 1.89. The lowest BCUT2D eigenvalue weighted by molar-refractivity contribution is -0.117. The Labute approximate surface area is 123 Å². The van der Waals surface area contributed by atoms with Crippen molar-refractivity contribution in [2.45, 2.75) is 6.92 Å². The Morgan fingerprint density at radius 1 is 0.857 bits per heavy atom. The predicted molar refractivity (Wildman–Crippen MR) is 82.8 cm³/mol. The van der Waals surface area contributed by atoms with Gasteiger partial charge in [-0.1, -0.05) is 48.5 Å². The molecule has 0 fully saturated rings. The lowest BCUT2D eigenvalue weighted by Gasteiger charge is -2.05. The van der Waals surface area contributed by atoms with E-state index in [4.69, 9.17) is 4.74 Å². The largest absolute Gasteiger partial charge is 0.490 e. The summed E-state index contributed by atoms with van der Waals surface area (Å²) < 4.78 is 4.90. The number of benzene rings is 2. The number of carbonyl (C=O) groups is 2. The predicted octanol–water partition coefficient (Wildman–Crippen LogP) is 3.45. The van der Waals surface area contributed by atoms with Crippen LogP contribution < -0.4 is 0 Å². The maximum absolute atomic E-state index is 10.9. The summed E-state index contributed by atoms with van der Waals surface area (Å²) in [6.45, 7) is 2.16. The van der Waals surface area contributed by atoms with Crippen LogP contribution in [-0.4, -0.2) is 18.2 Å². The molecule has 1 aliphatic carbocycles. The summed E-state index contributed by atoms with van der Waals surface area (Å²) in [6.07, 6.45) is 3.64. The Morgan fingerprint density at radius 3 is 1.86 bits per heavy atom. The Kier molecular flexibility index (Phi) is 5.04. The summed E-state index contributed by atoms with van der Waals surface area (Å²) in [4.78, 5) is 21.6.